The quantitative estimate of drug-likeness (QED) is 0.197. The van der Waals surface area contributed by atoms with Gasteiger partial charge in [0.2, 0.25) is 0 Å². The lowest BCUT2D eigenvalue weighted by atomic mass is 10.1. The van der Waals surface area contributed by atoms with E-state index in [0.29, 0.717) is 22.8 Å². The lowest BCUT2D eigenvalue weighted by Crippen LogP contribution is -2.22. The molecule has 0 radical (unpaired) electrons. The molecule has 0 saturated carbocycles. The van der Waals surface area contributed by atoms with E-state index in [0.717, 1.165) is 5.56 Å². The number of esters is 1. The lowest BCUT2D eigenvalue weighted by Gasteiger charge is -2.19. The van der Waals surface area contributed by atoms with E-state index in [1.54, 1.807) is 18.2 Å². The molecule has 3 aromatic carbocycles. The number of hydrogen-bond donors (Lipinski definition) is 0. The van der Waals surface area contributed by atoms with E-state index >= 15 is 0 Å². The fourth-order valence-corrected chi connectivity index (χ4v) is 3.69. The standard InChI is InChI=1S/C30H30O8/c1-30(2,3)37-18-36-29(32)21-14-26(35-17-19-9-7-6-8-10-19)28-22(31)16-24(38-27(28)15-21)20-11-12-23(33-4)25(13-20)34-5/h6-16H,17-18H2,1-5H3. The Morgan fingerprint density at radius 1 is 0.868 bits per heavy atom. The molecule has 0 spiro atoms. The van der Waals surface area contributed by atoms with E-state index in [1.807, 2.05) is 51.1 Å². The summed E-state index contributed by atoms with van der Waals surface area (Å²) in [5.41, 5.74) is 1.03. The van der Waals surface area contributed by atoms with Gasteiger partial charge in [-0.25, -0.2) is 4.79 Å². The van der Waals surface area contributed by atoms with Crippen molar-refractivity contribution in [1.82, 2.24) is 0 Å². The molecule has 1 heterocycles. The van der Waals surface area contributed by atoms with Crippen molar-refractivity contribution in [3.8, 4) is 28.6 Å². The molecular formula is C30H30O8. The third-order valence-corrected chi connectivity index (χ3v) is 5.62. The van der Waals surface area contributed by atoms with E-state index in [4.69, 9.17) is 28.1 Å². The van der Waals surface area contributed by atoms with Crippen molar-refractivity contribution in [1.29, 1.82) is 0 Å². The second-order valence-corrected chi connectivity index (χ2v) is 9.47. The summed E-state index contributed by atoms with van der Waals surface area (Å²) in [5, 5.41) is 0.215. The first-order valence-corrected chi connectivity index (χ1v) is 12.0. The molecule has 0 aliphatic rings. The highest BCUT2D eigenvalue weighted by molar-refractivity contribution is 5.96. The topological polar surface area (TPSA) is 93.4 Å². The normalized spacial score (nSPS) is 11.3. The zero-order valence-corrected chi connectivity index (χ0v) is 22.0. The predicted molar refractivity (Wildman–Crippen MR) is 143 cm³/mol. The fraction of sp³-hybridized carbons (Fsp3) is 0.267. The molecule has 38 heavy (non-hydrogen) atoms. The molecule has 0 atom stereocenters. The first-order valence-electron chi connectivity index (χ1n) is 12.0. The van der Waals surface area contributed by atoms with Crippen molar-refractivity contribution in [2.24, 2.45) is 0 Å². The molecule has 198 valence electrons. The fourth-order valence-electron chi connectivity index (χ4n) is 3.69. The maximum absolute atomic E-state index is 13.3. The Morgan fingerprint density at radius 3 is 2.29 bits per heavy atom. The number of ether oxygens (including phenoxy) is 5. The molecule has 4 rings (SSSR count). The molecule has 0 bridgehead atoms. The summed E-state index contributed by atoms with van der Waals surface area (Å²) in [6.45, 7) is 5.54. The predicted octanol–water partition coefficient (Wildman–Crippen LogP) is 5.99. The van der Waals surface area contributed by atoms with Crippen LogP contribution in [0, 0.1) is 0 Å². The SMILES string of the molecule is COc1ccc(-c2cc(=O)c3c(OCc4ccccc4)cc(C(=O)OCOC(C)(C)C)cc3o2)cc1OC. The van der Waals surface area contributed by atoms with Crippen LogP contribution in [0.15, 0.2) is 75.9 Å². The number of methoxy groups -OCH3 is 2. The van der Waals surface area contributed by atoms with E-state index < -0.39 is 11.6 Å². The van der Waals surface area contributed by atoms with Gasteiger partial charge in [0.25, 0.3) is 0 Å². The molecule has 0 unspecified atom stereocenters. The molecule has 8 nitrogen and oxygen atoms in total. The molecule has 0 saturated heterocycles. The van der Waals surface area contributed by atoms with E-state index in [1.165, 1.54) is 32.4 Å². The van der Waals surface area contributed by atoms with Gasteiger partial charge in [-0.3, -0.25) is 4.79 Å². The molecule has 1 aromatic heterocycles. The average molecular weight is 519 g/mol. The zero-order chi connectivity index (χ0) is 27.3. The van der Waals surface area contributed by atoms with E-state index in [9.17, 15) is 9.59 Å². The van der Waals surface area contributed by atoms with Gasteiger partial charge in [0.05, 0.1) is 25.4 Å². The molecule has 0 aliphatic heterocycles. The molecule has 8 heteroatoms. The maximum atomic E-state index is 13.3. The van der Waals surface area contributed by atoms with Gasteiger partial charge in [0, 0.05) is 11.6 Å². The third kappa shape index (κ3) is 6.33. The number of rotatable bonds is 9. The second-order valence-electron chi connectivity index (χ2n) is 9.47. The molecule has 0 amide bonds. The van der Waals surface area contributed by atoms with Crippen molar-refractivity contribution in [3.05, 3.63) is 88.1 Å². The van der Waals surface area contributed by atoms with Crippen LogP contribution in [0.2, 0.25) is 0 Å². The summed E-state index contributed by atoms with van der Waals surface area (Å²) in [7, 11) is 3.06. The van der Waals surface area contributed by atoms with E-state index in [2.05, 4.69) is 0 Å². The first-order chi connectivity index (χ1) is 18.2. The van der Waals surface area contributed by atoms with Crippen LogP contribution in [0.1, 0.15) is 36.7 Å². The highest BCUT2D eigenvalue weighted by Gasteiger charge is 2.19. The summed E-state index contributed by atoms with van der Waals surface area (Å²) >= 11 is 0. The summed E-state index contributed by atoms with van der Waals surface area (Å²) in [6.07, 6.45) is 0. The average Bonchev–Trinajstić information content (AvgIpc) is 2.90. The van der Waals surface area contributed by atoms with Crippen LogP contribution >= 0.6 is 0 Å². The zero-order valence-electron chi connectivity index (χ0n) is 22.0. The van der Waals surface area contributed by atoms with Crippen molar-refractivity contribution in [2.45, 2.75) is 33.0 Å². The Balaban J connectivity index is 1.77. The van der Waals surface area contributed by atoms with Gasteiger partial charge in [0.1, 0.15) is 29.1 Å². The molecule has 0 aliphatic carbocycles. The van der Waals surface area contributed by atoms with Crippen molar-refractivity contribution >= 4 is 16.9 Å². The minimum Gasteiger partial charge on any atom is -0.493 e. The van der Waals surface area contributed by atoms with Crippen LogP contribution < -0.4 is 19.6 Å². The molecule has 0 N–H and O–H groups in total. The van der Waals surface area contributed by atoms with Gasteiger partial charge in [-0.2, -0.15) is 0 Å². The van der Waals surface area contributed by atoms with E-state index in [-0.39, 0.29) is 41.1 Å². The second kappa shape index (κ2) is 11.4. The molecular weight excluding hydrogens is 488 g/mol. The van der Waals surface area contributed by atoms with Crippen LogP contribution in [0.5, 0.6) is 17.2 Å². The summed E-state index contributed by atoms with van der Waals surface area (Å²) < 4.78 is 33.6. The van der Waals surface area contributed by atoms with Crippen LogP contribution in [0.25, 0.3) is 22.3 Å². The number of carbonyl (C=O) groups is 1. The van der Waals surface area contributed by atoms with Crippen molar-refractivity contribution in [3.63, 3.8) is 0 Å². The Morgan fingerprint density at radius 2 is 1.61 bits per heavy atom. The maximum Gasteiger partial charge on any atom is 0.340 e. The third-order valence-electron chi connectivity index (χ3n) is 5.62. The Hall–Kier alpha value is -4.30. The Labute approximate surface area is 220 Å². The summed E-state index contributed by atoms with van der Waals surface area (Å²) in [5.74, 6) is 0.885. The monoisotopic (exact) mass is 518 g/mol. The highest BCUT2D eigenvalue weighted by Crippen LogP contribution is 2.34. The van der Waals surface area contributed by atoms with Gasteiger partial charge in [-0.1, -0.05) is 30.3 Å². The largest absolute Gasteiger partial charge is 0.493 e. The van der Waals surface area contributed by atoms with Crippen LogP contribution in [0.3, 0.4) is 0 Å². The smallest absolute Gasteiger partial charge is 0.340 e. The Kier molecular flexibility index (Phi) is 8.02. The Bertz CT molecular complexity index is 1480. The van der Waals surface area contributed by atoms with Crippen LogP contribution in [-0.2, 0) is 16.1 Å². The number of hydrogen-bond acceptors (Lipinski definition) is 8. The summed E-state index contributed by atoms with van der Waals surface area (Å²) in [4.78, 5) is 26.2. The van der Waals surface area contributed by atoms with Crippen LogP contribution in [0.4, 0.5) is 0 Å². The molecule has 4 aromatic rings. The van der Waals surface area contributed by atoms with Gasteiger partial charge >= 0.3 is 5.97 Å². The van der Waals surface area contributed by atoms with Crippen molar-refractivity contribution < 1.29 is 32.9 Å². The highest BCUT2D eigenvalue weighted by atomic mass is 16.7. The number of fused-ring (bicyclic) bond motifs is 1. The van der Waals surface area contributed by atoms with Gasteiger partial charge in [-0.15, -0.1) is 0 Å². The summed E-state index contributed by atoms with van der Waals surface area (Å²) in [6, 6.07) is 19.0. The number of benzene rings is 3. The van der Waals surface area contributed by atoms with Crippen molar-refractivity contribution in [2.75, 3.05) is 21.0 Å². The van der Waals surface area contributed by atoms with Gasteiger partial charge in [-0.05, 0) is 56.7 Å². The first kappa shape index (κ1) is 26.8. The minimum atomic E-state index is -0.639. The van der Waals surface area contributed by atoms with Crippen LogP contribution in [-0.4, -0.2) is 32.6 Å². The lowest BCUT2D eigenvalue weighted by molar-refractivity contribution is -0.0965. The number of carbonyl (C=O) groups excluding carboxylic acids is 1. The minimum absolute atomic E-state index is 0.158. The molecule has 0 fully saturated rings. The van der Waals surface area contributed by atoms with Gasteiger partial charge < -0.3 is 28.1 Å². The van der Waals surface area contributed by atoms with Gasteiger partial charge in [0.15, 0.2) is 23.7 Å².